The van der Waals surface area contributed by atoms with Crippen LogP contribution in [0.4, 0.5) is 17.1 Å². The number of aromatic hydroxyl groups is 1. The molecule has 0 atom stereocenters. The number of nitrogens with zero attached hydrogens (tertiary/aromatic N) is 4. The summed E-state index contributed by atoms with van der Waals surface area (Å²) in [6.07, 6.45) is 3.54. The summed E-state index contributed by atoms with van der Waals surface area (Å²) < 4.78 is 1.75. The molecular formula is C20H14N4OS2. The predicted molar refractivity (Wildman–Crippen MR) is 110 cm³/mol. The molecule has 0 unspecified atom stereocenters. The lowest BCUT2D eigenvalue weighted by Gasteiger charge is -2.26. The maximum Gasteiger partial charge on any atom is 0.173 e. The minimum Gasteiger partial charge on any atom is -0.508 e. The molecule has 2 aromatic heterocycles. The number of para-hydroxylation sites is 1. The molecule has 0 amide bonds. The van der Waals surface area contributed by atoms with E-state index in [1.807, 2.05) is 53.6 Å². The molecule has 4 rings (SSSR count). The SMILES string of the molecule is CSc1nc2ncc(C#N)c(N(c3ccccc3)c3ccc(O)cc3)c2s1. The monoisotopic (exact) mass is 390 g/mol. The number of phenolic OH excluding ortho intramolecular Hbond substituents is 1. The van der Waals surface area contributed by atoms with Crippen LogP contribution in [0.25, 0.3) is 10.3 Å². The van der Waals surface area contributed by atoms with Crippen molar-refractivity contribution in [2.45, 2.75) is 4.34 Å². The molecule has 0 fully saturated rings. The third kappa shape index (κ3) is 3.21. The summed E-state index contributed by atoms with van der Waals surface area (Å²) in [4.78, 5) is 10.9. The Morgan fingerprint density at radius 1 is 1.07 bits per heavy atom. The first kappa shape index (κ1) is 17.3. The first-order valence-corrected chi connectivity index (χ1v) is 10.1. The van der Waals surface area contributed by atoms with Gasteiger partial charge in [0.2, 0.25) is 0 Å². The van der Waals surface area contributed by atoms with Gasteiger partial charge in [-0.3, -0.25) is 0 Å². The smallest absolute Gasteiger partial charge is 0.173 e. The van der Waals surface area contributed by atoms with Crippen LogP contribution in [0, 0.1) is 11.3 Å². The third-order valence-corrected chi connectivity index (χ3v) is 6.05. The van der Waals surface area contributed by atoms with Gasteiger partial charge in [-0.1, -0.05) is 30.0 Å². The van der Waals surface area contributed by atoms with Gasteiger partial charge in [0.25, 0.3) is 0 Å². The van der Waals surface area contributed by atoms with E-state index in [1.165, 1.54) is 11.3 Å². The second-order valence-electron chi connectivity index (χ2n) is 5.66. The molecule has 7 heteroatoms. The molecule has 0 aliphatic carbocycles. The van der Waals surface area contributed by atoms with Crippen LogP contribution in [-0.2, 0) is 0 Å². The van der Waals surface area contributed by atoms with E-state index < -0.39 is 0 Å². The van der Waals surface area contributed by atoms with Crippen LogP contribution in [0.2, 0.25) is 0 Å². The minimum atomic E-state index is 0.189. The van der Waals surface area contributed by atoms with E-state index in [2.05, 4.69) is 16.0 Å². The number of rotatable bonds is 4. The molecule has 0 radical (unpaired) electrons. The Balaban J connectivity index is 2.04. The number of fused-ring (bicyclic) bond motifs is 1. The first-order chi connectivity index (χ1) is 13.2. The average molecular weight is 390 g/mol. The Morgan fingerprint density at radius 2 is 1.78 bits per heavy atom. The summed E-state index contributed by atoms with van der Waals surface area (Å²) >= 11 is 3.08. The molecule has 1 N–H and O–H groups in total. The summed E-state index contributed by atoms with van der Waals surface area (Å²) in [6.45, 7) is 0. The molecule has 0 saturated heterocycles. The lowest BCUT2D eigenvalue weighted by Crippen LogP contribution is -2.12. The molecule has 5 nitrogen and oxygen atoms in total. The normalized spacial score (nSPS) is 10.7. The molecule has 27 heavy (non-hydrogen) atoms. The van der Waals surface area contributed by atoms with Gasteiger partial charge in [0.1, 0.15) is 11.8 Å². The summed E-state index contributed by atoms with van der Waals surface area (Å²) in [7, 11) is 0. The molecule has 132 valence electrons. The largest absolute Gasteiger partial charge is 0.508 e. The van der Waals surface area contributed by atoms with Crippen molar-refractivity contribution < 1.29 is 5.11 Å². The average Bonchev–Trinajstić information content (AvgIpc) is 3.14. The summed E-state index contributed by atoms with van der Waals surface area (Å²) in [5.41, 5.74) is 3.58. The predicted octanol–water partition coefficient (Wildman–Crippen LogP) is 5.46. The zero-order valence-corrected chi connectivity index (χ0v) is 16.0. The fourth-order valence-corrected chi connectivity index (χ4v) is 4.38. The fraction of sp³-hybridized carbons (Fsp3) is 0.0500. The van der Waals surface area contributed by atoms with Crippen LogP contribution in [0.1, 0.15) is 5.56 Å². The van der Waals surface area contributed by atoms with Crippen LogP contribution in [-0.4, -0.2) is 21.3 Å². The lowest BCUT2D eigenvalue weighted by atomic mass is 10.1. The van der Waals surface area contributed by atoms with Crippen LogP contribution in [0.15, 0.2) is 65.1 Å². The van der Waals surface area contributed by atoms with Gasteiger partial charge in [-0.05, 0) is 42.7 Å². The molecule has 4 aromatic rings. The van der Waals surface area contributed by atoms with E-state index in [0.717, 1.165) is 26.1 Å². The topological polar surface area (TPSA) is 73.0 Å². The zero-order chi connectivity index (χ0) is 18.8. The lowest BCUT2D eigenvalue weighted by molar-refractivity contribution is 0.475. The molecule has 0 saturated carbocycles. The van der Waals surface area contributed by atoms with E-state index in [0.29, 0.717) is 11.2 Å². The number of pyridine rings is 1. The highest BCUT2D eigenvalue weighted by Crippen LogP contribution is 2.43. The number of thioether (sulfide) groups is 1. The second kappa shape index (κ2) is 7.27. The van der Waals surface area contributed by atoms with Gasteiger partial charge in [-0.2, -0.15) is 5.26 Å². The number of hydrogen-bond donors (Lipinski definition) is 1. The van der Waals surface area contributed by atoms with Crippen molar-refractivity contribution in [1.29, 1.82) is 5.26 Å². The number of thiazole rings is 1. The highest BCUT2D eigenvalue weighted by molar-refractivity contribution is 8.00. The van der Waals surface area contributed by atoms with Crippen molar-refractivity contribution in [1.82, 2.24) is 9.97 Å². The van der Waals surface area contributed by atoms with Gasteiger partial charge in [-0.15, -0.1) is 11.3 Å². The summed E-state index contributed by atoms with van der Waals surface area (Å²) in [5, 5.41) is 19.4. The van der Waals surface area contributed by atoms with Crippen molar-refractivity contribution in [3.05, 3.63) is 66.4 Å². The Bertz CT molecular complexity index is 1130. The molecule has 0 bridgehead atoms. The Labute approximate surface area is 164 Å². The zero-order valence-electron chi connectivity index (χ0n) is 14.3. The van der Waals surface area contributed by atoms with Crippen molar-refractivity contribution in [3.63, 3.8) is 0 Å². The van der Waals surface area contributed by atoms with E-state index in [4.69, 9.17) is 0 Å². The Kier molecular flexibility index (Phi) is 4.67. The van der Waals surface area contributed by atoms with Gasteiger partial charge < -0.3 is 10.0 Å². The van der Waals surface area contributed by atoms with Gasteiger partial charge in [0.05, 0.1) is 16.0 Å². The molecule has 0 aliphatic rings. The van der Waals surface area contributed by atoms with E-state index in [1.54, 1.807) is 30.1 Å². The van der Waals surface area contributed by atoms with Crippen LogP contribution >= 0.6 is 23.1 Å². The van der Waals surface area contributed by atoms with E-state index in [-0.39, 0.29) is 5.75 Å². The minimum absolute atomic E-state index is 0.189. The van der Waals surface area contributed by atoms with E-state index in [9.17, 15) is 10.4 Å². The van der Waals surface area contributed by atoms with Gasteiger partial charge in [0, 0.05) is 17.6 Å². The van der Waals surface area contributed by atoms with Crippen molar-refractivity contribution in [2.75, 3.05) is 11.2 Å². The second-order valence-corrected chi connectivity index (χ2v) is 7.71. The third-order valence-electron chi connectivity index (χ3n) is 4.02. The highest BCUT2D eigenvalue weighted by Gasteiger charge is 2.22. The summed E-state index contributed by atoms with van der Waals surface area (Å²) in [6, 6.07) is 19.0. The van der Waals surface area contributed by atoms with Crippen molar-refractivity contribution in [2.24, 2.45) is 0 Å². The number of aromatic nitrogens is 2. The first-order valence-electron chi connectivity index (χ1n) is 8.09. The quantitative estimate of drug-likeness (QED) is 0.467. The van der Waals surface area contributed by atoms with Gasteiger partial charge >= 0.3 is 0 Å². The van der Waals surface area contributed by atoms with Crippen molar-refractivity contribution >= 4 is 50.5 Å². The number of phenols is 1. The van der Waals surface area contributed by atoms with Crippen molar-refractivity contribution in [3.8, 4) is 11.8 Å². The maximum absolute atomic E-state index is 9.75. The van der Waals surface area contributed by atoms with Gasteiger partial charge in [-0.25, -0.2) is 9.97 Å². The molecular weight excluding hydrogens is 376 g/mol. The Morgan fingerprint density at radius 3 is 2.44 bits per heavy atom. The number of anilines is 3. The fourth-order valence-electron chi connectivity index (χ4n) is 2.82. The van der Waals surface area contributed by atoms with E-state index >= 15 is 0 Å². The molecule has 0 spiro atoms. The van der Waals surface area contributed by atoms with Gasteiger partial charge in [0.15, 0.2) is 9.99 Å². The maximum atomic E-state index is 9.75. The van der Waals surface area contributed by atoms with Crippen LogP contribution < -0.4 is 4.90 Å². The molecule has 2 heterocycles. The number of benzene rings is 2. The number of nitriles is 1. The number of hydrogen-bond acceptors (Lipinski definition) is 7. The van der Waals surface area contributed by atoms with Crippen LogP contribution in [0.5, 0.6) is 5.75 Å². The standard InChI is InChI=1S/C20H14N4OS2/c1-26-20-23-19-18(27-20)17(13(11-21)12-22-19)24(14-5-3-2-4-6-14)15-7-9-16(25)10-8-15/h2-10,12,25H,1H3. The van der Waals surface area contributed by atoms with Crippen LogP contribution in [0.3, 0.4) is 0 Å². The molecule has 0 aliphatic heterocycles. The summed E-state index contributed by atoms with van der Waals surface area (Å²) in [5.74, 6) is 0.189. The highest BCUT2D eigenvalue weighted by atomic mass is 32.2. The molecule has 2 aromatic carbocycles. The Hall–Kier alpha value is -3.08.